The number of nitrogens with zero attached hydrogens (tertiary/aromatic N) is 4. The van der Waals surface area contributed by atoms with E-state index in [1.165, 1.54) is 17.8 Å². The van der Waals surface area contributed by atoms with Gasteiger partial charge in [0.2, 0.25) is 0 Å². The van der Waals surface area contributed by atoms with E-state index in [1.807, 2.05) is 0 Å². The minimum atomic E-state index is -0.769. The maximum Gasteiger partial charge on any atom is 0.361 e. The molecule has 6 nitrogen and oxygen atoms in total. The Labute approximate surface area is 74.7 Å². The van der Waals surface area contributed by atoms with Gasteiger partial charge in [0.1, 0.15) is 6.07 Å². The number of carbonyl (C=O) groups excluding carboxylic acids is 1. The summed E-state index contributed by atoms with van der Waals surface area (Å²) in [7, 11) is 1.64. The van der Waals surface area contributed by atoms with Gasteiger partial charge in [-0.15, -0.1) is 5.10 Å². The van der Waals surface area contributed by atoms with Gasteiger partial charge in [-0.2, -0.15) is 5.26 Å². The van der Waals surface area contributed by atoms with Crippen LogP contribution in [-0.4, -0.2) is 27.1 Å². The Morgan fingerprint density at radius 1 is 1.85 bits per heavy atom. The van der Waals surface area contributed by atoms with Gasteiger partial charge in [0.15, 0.2) is 11.8 Å². The molecule has 0 amide bonds. The molecule has 1 heterocycles. The zero-order valence-electron chi connectivity index (χ0n) is 7.26. The molecule has 68 valence electrons. The molecular weight excluding hydrogens is 172 g/mol. The van der Waals surface area contributed by atoms with E-state index >= 15 is 0 Å². The van der Waals surface area contributed by atoms with Crippen LogP contribution < -0.4 is 0 Å². The molecular formula is C7H8N4O2. The summed E-state index contributed by atoms with van der Waals surface area (Å²) >= 11 is 0. The van der Waals surface area contributed by atoms with Gasteiger partial charge in [-0.1, -0.05) is 5.21 Å². The van der Waals surface area contributed by atoms with Crippen molar-refractivity contribution >= 4 is 5.97 Å². The highest BCUT2D eigenvalue weighted by atomic mass is 16.5. The Kier molecular flexibility index (Phi) is 2.59. The second-order valence-electron chi connectivity index (χ2n) is 2.45. The number of carbonyl (C=O) groups is 1. The summed E-state index contributed by atoms with van der Waals surface area (Å²) in [6, 6.07) is 1.77. The van der Waals surface area contributed by atoms with Gasteiger partial charge < -0.3 is 4.74 Å². The molecule has 13 heavy (non-hydrogen) atoms. The fourth-order valence-corrected chi connectivity index (χ4v) is 0.688. The minimum Gasteiger partial charge on any atom is -0.442 e. The van der Waals surface area contributed by atoms with Crippen molar-refractivity contribution in [3.05, 3.63) is 11.9 Å². The third kappa shape index (κ3) is 2.27. The summed E-state index contributed by atoms with van der Waals surface area (Å²) in [5.74, 6) is -0.637. The van der Waals surface area contributed by atoms with Crippen molar-refractivity contribution in [3.8, 4) is 6.07 Å². The van der Waals surface area contributed by atoms with Crippen molar-refractivity contribution in [1.29, 1.82) is 5.26 Å². The molecule has 0 radical (unpaired) electrons. The third-order valence-electron chi connectivity index (χ3n) is 1.28. The summed E-state index contributed by atoms with van der Waals surface area (Å²) < 4.78 is 6.07. The number of nitriles is 1. The van der Waals surface area contributed by atoms with E-state index in [2.05, 4.69) is 15.0 Å². The molecule has 0 saturated heterocycles. The summed E-state index contributed by atoms with van der Waals surface area (Å²) in [4.78, 5) is 11.1. The fourth-order valence-electron chi connectivity index (χ4n) is 0.688. The Balaban J connectivity index is 2.65. The monoisotopic (exact) mass is 180 g/mol. The van der Waals surface area contributed by atoms with Crippen LogP contribution in [0.25, 0.3) is 0 Å². The Morgan fingerprint density at radius 2 is 2.54 bits per heavy atom. The van der Waals surface area contributed by atoms with Crippen LogP contribution in [0.2, 0.25) is 0 Å². The largest absolute Gasteiger partial charge is 0.442 e. The van der Waals surface area contributed by atoms with Gasteiger partial charge in [-0.3, -0.25) is 4.68 Å². The van der Waals surface area contributed by atoms with Gasteiger partial charge in [0.25, 0.3) is 0 Å². The van der Waals surface area contributed by atoms with Crippen LogP contribution in [0.3, 0.4) is 0 Å². The number of aryl methyl sites for hydroxylation is 1. The first-order valence-corrected chi connectivity index (χ1v) is 3.60. The van der Waals surface area contributed by atoms with Crippen molar-refractivity contribution < 1.29 is 9.53 Å². The first-order chi connectivity index (χ1) is 6.13. The lowest BCUT2D eigenvalue weighted by atomic mass is 10.4. The van der Waals surface area contributed by atoms with Crippen LogP contribution in [0, 0.1) is 11.3 Å². The minimum absolute atomic E-state index is 0.101. The molecule has 0 aliphatic heterocycles. The highest BCUT2D eigenvalue weighted by Crippen LogP contribution is 1.98. The summed E-state index contributed by atoms with van der Waals surface area (Å²) in [6.07, 6.45) is 0.654. The summed E-state index contributed by atoms with van der Waals surface area (Å²) in [5.41, 5.74) is 0.101. The molecule has 0 fully saturated rings. The van der Waals surface area contributed by atoms with Crippen molar-refractivity contribution in [3.63, 3.8) is 0 Å². The van der Waals surface area contributed by atoms with Gasteiger partial charge >= 0.3 is 5.97 Å². The van der Waals surface area contributed by atoms with E-state index in [9.17, 15) is 4.79 Å². The SMILES string of the molecule is CC(C#N)OC(=O)c1cn(C)nn1. The van der Waals surface area contributed by atoms with E-state index in [0.717, 1.165) is 0 Å². The molecule has 6 heteroatoms. The van der Waals surface area contributed by atoms with Crippen LogP contribution >= 0.6 is 0 Å². The van der Waals surface area contributed by atoms with Gasteiger partial charge in [-0.25, -0.2) is 4.79 Å². The van der Waals surface area contributed by atoms with E-state index in [-0.39, 0.29) is 5.69 Å². The zero-order valence-corrected chi connectivity index (χ0v) is 7.26. The quantitative estimate of drug-likeness (QED) is 0.593. The number of esters is 1. The fraction of sp³-hybridized carbons (Fsp3) is 0.429. The maximum absolute atomic E-state index is 11.1. The molecule has 1 unspecified atom stereocenters. The van der Waals surface area contributed by atoms with Crippen LogP contribution in [0.5, 0.6) is 0 Å². The number of aromatic nitrogens is 3. The van der Waals surface area contributed by atoms with E-state index in [0.29, 0.717) is 0 Å². The lowest BCUT2D eigenvalue weighted by Gasteiger charge is -2.01. The smallest absolute Gasteiger partial charge is 0.361 e. The molecule has 0 aromatic carbocycles. The predicted octanol–water partition coefficient (Wildman–Crippen LogP) is -0.116. The van der Waals surface area contributed by atoms with Crippen LogP contribution in [0.15, 0.2) is 6.20 Å². The average Bonchev–Trinajstić information content (AvgIpc) is 2.51. The van der Waals surface area contributed by atoms with Gasteiger partial charge in [-0.05, 0) is 6.92 Å². The van der Waals surface area contributed by atoms with Crippen molar-refractivity contribution in [2.75, 3.05) is 0 Å². The lowest BCUT2D eigenvalue weighted by Crippen LogP contribution is -2.13. The summed E-state index contributed by atoms with van der Waals surface area (Å²) in [6.45, 7) is 1.48. The van der Waals surface area contributed by atoms with Crippen molar-refractivity contribution in [2.45, 2.75) is 13.0 Å². The topological polar surface area (TPSA) is 80.8 Å². The van der Waals surface area contributed by atoms with Crippen LogP contribution in [-0.2, 0) is 11.8 Å². The molecule has 1 atom stereocenters. The van der Waals surface area contributed by atoms with E-state index in [4.69, 9.17) is 5.26 Å². The zero-order chi connectivity index (χ0) is 9.84. The van der Waals surface area contributed by atoms with Crippen molar-refractivity contribution in [2.24, 2.45) is 7.05 Å². The number of rotatable bonds is 2. The molecule has 0 saturated carbocycles. The molecule has 1 aromatic rings. The molecule has 0 aliphatic rings. The third-order valence-corrected chi connectivity index (χ3v) is 1.28. The highest BCUT2D eigenvalue weighted by molar-refractivity contribution is 5.86. The molecule has 1 rings (SSSR count). The Hall–Kier alpha value is -1.90. The predicted molar refractivity (Wildman–Crippen MR) is 41.5 cm³/mol. The number of hydrogen-bond acceptors (Lipinski definition) is 5. The van der Waals surface area contributed by atoms with Crippen LogP contribution in [0.1, 0.15) is 17.4 Å². The normalized spacial score (nSPS) is 11.8. The molecule has 1 aromatic heterocycles. The average molecular weight is 180 g/mol. The molecule has 0 N–H and O–H groups in total. The highest BCUT2D eigenvalue weighted by Gasteiger charge is 2.14. The van der Waals surface area contributed by atoms with E-state index < -0.39 is 12.1 Å². The second kappa shape index (κ2) is 3.67. The summed E-state index contributed by atoms with van der Waals surface area (Å²) in [5, 5.41) is 15.5. The standard InChI is InChI=1S/C7H8N4O2/c1-5(3-8)13-7(12)6-4-11(2)10-9-6/h4-5H,1-2H3. The molecule has 0 bridgehead atoms. The first-order valence-electron chi connectivity index (χ1n) is 3.60. The van der Waals surface area contributed by atoms with Crippen LogP contribution in [0.4, 0.5) is 0 Å². The Morgan fingerprint density at radius 3 is 3.00 bits per heavy atom. The number of hydrogen-bond donors (Lipinski definition) is 0. The number of ether oxygens (including phenoxy) is 1. The van der Waals surface area contributed by atoms with Crippen molar-refractivity contribution in [1.82, 2.24) is 15.0 Å². The van der Waals surface area contributed by atoms with E-state index in [1.54, 1.807) is 13.1 Å². The lowest BCUT2D eigenvalue weighted by molar-refractivity contribution is 0.0428. The first kappa shape index (κ1) is 9.19. The van der Waals surface area contributed by atoms with Gasteiger partial charge in [0.05, 0.1) is 6.20 Å². The maximum atomic E-state index is 11.1. The van der Waals surface area contributed by atoms with Gasteiger partial charge in [0, 0.05) is 7.05 Å². The Bertz CT molecular complexity index is 352. The molecule has 0 aliphatic carbocycles. The molecule has 0 spiro atoms. The second-order valence-corrected chi connectivity index (χ2v) is 2.45.